The first kappa shape index (κ1) is 18.0. The van der Waals surface area contributed by atoms with Crippen molar-refractivity contribution in [3.63, 3.8) is 0 Å². The largest absolute Gasteiger partial charge is 0.330 e. The van der Waals surface area contributed by atoms with Crippen LogP contribution in [0, 0.1) is 17.7 Å². The van der Waals surface area contributed by atoms with Crippen LogP contribution < -0.4 is 10.6 Å². The van der Waals surface area contributed by atoms with E-state index in [1.54, 1.807) is 24.3 Å². The molecule has 28 heavy (non-hydrogen) atoms. The number of halogens is 2. The maximum Gasteiger partial charge on any atom is 0.323 e. The molecule has 0 aromatic heterocycles. The molecule has 8 heteroatoms. The number of nitrogens with one attached hydrogen (secondary N) is 2. The fourth-order valence-electron chi connectivity index (χ4n) is 3.22. The van der Waals surface area contributed by atoms with Gasteiger partial charge in [-0.15, -0.1) is 0 Å². The molecule has 0 unspecified atom stereocenters. The minimum Gasteiger partial charge on any atom is -0.330 e. The molecule has 0 radical (unpaired) electrons. The summed E-state index contributed by atoms with van der Waals surface area (Å²) in [6.45, 7) is 0.107. The standard InChI is InChI=1S/C20H13ClFN3O3/c21-14-5-4-13-10-25(17(26)16(13)9-14)11-20(18(27)23-19(28)24-20)7-6-12-2-1-3-15(22)8-12/h1-5,8-9H,10-11H2,(H2,23,24,27,28)/t20-/m1/s1. The summed E-state index contributed by atoms with van der Waals surface area (Å²) in [6, 6.07) is 9.85. The minimum absolute atomic E-state index is 0.155. The molecule has 0 aliphatic carbocycles. The van der Waals surface area contributed by atoms with Crippen molar-refractivity contribution in [1.29, 1.82) is 0 Å². The molecule has 2 aliphatic rings. The lowest BCUT2D eigenvalue weighted by Crippen LogP contribution is -2.54. The molecule has 0 saturated carbocycles. The first-order valence-electron chi connectivity index (χ1n) is 8.36. The monoisotopic (exact) mass is 397 g/mol. The SMILES string of the molecule is O=C1NC(=O)[C@@](C#Cc2cccc(F)c2)(CN2Cc3ccc(Cl)cc3C2=O)N1. The van der Waals surface area contributed by atoms with Crippen LogP contribution in [0.5, 0.6) is 0 Å². The quantitative estimate of drug-likeness (QED) is 0.601. The Balaban J connectivity index is 1.66. The first-order chi connectivity index (χ1) is 13.4. The molecular weight excluding hydrogens is 385 g/mol. The van der Waals surface area contributed by atoms with E-state index in [4.69, 9.17) is 11.6 Å². The van der Waals surface area contributed by atoms with E-state index in [1.165, 1.54) is 23.1 Å². The van der Waals surface area contributed by atoms with Crippen LogP contribution in [0.15, 0.2) is 42.5 Å². The van der Waals surface area contributed by atoms with Gasteiger partial charge in [0.1, 0.15) is 5.82 Å². The van der Waals surface area contributed by atoms with Crippen molar-refractivity contribution < 1.29 is 18.8 Å². The zero-order valence-electron chi connectivity index (χ0n) is 14.4. The lowest BCUT2D eigenvalue weighted by Gasteiger charge is -2.26. The third-order valence-corrected chi connectivity index (χ3v) is 4.80. The lowest BCUT2D eigenvalue weighted by atomic mass is 9.99. The molecule has 2 aromatic carbocycles. The van der Waals surface area contributed by atoms with E-state index in [2.05, 4.69) is 22.5 Å². The fourth-order valence-corrected chi connectivity index (χ4v) is 3.40. The van der Waals surface area contributed by atoms with Gasteiger partial charge in [-0.3, -0.25) is 14.9 Å². The Morgan fingerprint density at radius 3 is 2.71 bits per heavy atom. The van der Waals surface area contributed by atoms with Gasteiger partial charge < -0.3 is 10.2 Å². The third kappa shape index (κ3) is 3.19. The Morgan fingerprint density at radius 1 is 1.18 bits per heavy atom. The average molecular weight is 398 g/mol. The second-order valence-electron chi connectivity index (χ2n) is 6.54. The number of carbonyl (C=O) groups is 3. The van der Waals surface area contributed by atoms with Crippen LogP contribution in [-0.2, 0) is 11.3 Å². The van der Waals surface area contributed by atoms with Crippen molar-refractivity contribution in [1.82, 2.24) is 15.5 Å². The van der Waals surface area contributed by atoms with Crippen molar-refractivity contribution in [2.45, 2.75) is 12.1 Å². The second kappa shape index (κ2) is 6.66. The van der Waals surface area contributed by atoms with Gasteiger partial charge in [0.25, 0.3) is 11.8 Å². The average Bonchev–Trinajstić information content (AvgIpc) is 3.10. The molecule has 6 nitrogen and oxygen atoms in total. The highest BCUT2D eigenvalue weighted by atomic mass is 35.5. The highest BCUT2D eigenvalue weighted by molar-refractivity contribution is 6.31. The topological polar surface area (TPSA) is 78.5 Å². The normalized spacial score (nSPS) is 20.4. The summed E-state index contributed by atoms with van der Waals surface area (Å²) >= 11 is 5.96. The predicted molar refractivity (Wildman–Crippen MR) is 98.9 cm³/mol. The number of fused-ring (bicyclic) bond motifs is 1. The molecule has 2 heterocycles. The summed E-state index contributed by atoms with van der Waals surface area (Å²) in [5, 5.41) is 5.08. The molecule has 4 rings (SSSR count). The van der Waals surface area contributed by atoms with Crippen LogP contribution in [0.25, 0.3) is 0 Å². The van der Waals surface area contributed by atoms with E-state index in [0.717, 1.165) is 5.56 Å². The second-order valence-corrected chi connectivity index (χ2v) is 6.97. The zero-order valence-corrected chi connectivity index (χ0v) is 15.1. The molecule has 2 aliphatic heterocycles. The van der Waals surface area contributed by atoms with Crippen LogP contribution >= 0.6 is 11.6 Å². The number of urea groups is 1. The van der Waals surface area contributed by atoms with E-state index < -0.39 is 23.3 Å². The van der Waals surface area contributed by atoms with E-state index in [9.17, 15) is 18.8 Å². The fraction of sp³-hybridized carbons (Fsp3) is 0.150. The number of imide groups is 1. The summed E-state index contributed by atoms with van der Waals surface area (Å²) in [6.07, 6.45) is 0. The van der Waals surface area contributed by atoms with Crippen LogP contribution in [0.2, 0.25) is 5.02 Å². The molecule has 2 aromatic rings. The highest BCUT2D eigenvalue weighted by Crippen LogP contribution is 2.27. The number of rotatable bonds is 2. The molecule has 4 amide bonds. The van der Waals surface area contributed by atoms with Crippen LogP contribution in [0.1, 0.15) is 21.5 Å². The number of amides is 4. The molecule has 140 valence electrons. The van der Waals surface area contributed by atoms with E-state index >= 15 is 0 Å². The van der Waals surface area contributed by atoms with Gasteiger partial charge in [-0.1, -0.05) is 35.6 Å². The highest BCUT2D eigenvalue weighted by Gasteiger charge is 2.48. The maximum atomic E-state index is 13.4. The van der Waals surface area contributed by atoms with Gasteiger partial charge >= 0.3 is 6.03 Å². The third-order valence-electron chi connectivity index (χ3n) is 4.57. The van der Waals surface area contributed by atoms with Crippen LogP contribution in [0.3, 0.4) is 0 Å². The predicted octanol–water partition coefficient (Wildman–Crippen LogP) is 2.06. The van der Waals surface area contributed by atoms with E-state index in [-0.39, 0.29) is 19.0 Å². The van der Waals surface area contributed by atoms with Gasteiger partial charge in [0.05, 0.1) is 6.54 Å². The van der Waals surface area contributed by atoms with Gasteiger partial charge in [0, 0.05) is 22.7 Å². The number of nitrogens with zero attached hydrogens (tertiary/aromatic N) is 1. The first-order valence-corrected chi connectivity index (χ1v) is 8.74. The summed E-state index contributed by atoms with van der Waals surface area (Å²) in [5.74, 6) is 4.00. The Hall–Kier alpha value is -3.37. The van der Waals surface area contributed by atoms with Gasteiger partial charge in [-0.05, 0) is 35.9 Å². The molecule has 0 spiro atoms. The van der Waals surface area contributed by atoms with E-state index in [0.29, 0.717) is 16.1 Å². The van der Waals surface area contributed by atoms with Gasteiger partial charge in [0.2, 0.25) is 5.54 Å². The number of hydrogen-bond donors (Lipinski definition) is 2. The summed E-state index contributed by atoms with van der Waals surface area (Å²) in [7, 11) is 0. The maximum absolute atomic E-state index is 13.4. The van der Waals surface area contributed by atoms with Gasteiger partial charge in [-0.25, -0.2) is 9.18 Å². The Labute approximate surface area is 164 Å². The van der Waals surface area contributed by atoms with Gasteiger partial charge in [-0.2, -0.15) is 0 Å². The van der Waals surface area contributed by atoms with Crippen LogP contribution in [-0.4, -0.2) is 34.8 Å². The zero-order chi connectivity index (χ0) is 19.9. The van der Waals surface area contributed by atoms with Crippen molar-refractivity contribution in [3.05, 3.63) is 70.0 Å². The molecule has 1 atom stereocenters. The number of benzene rings is 2. The number of carbonyl (C=O) groups excluding carboxylic acids is 3. The van der Waals surface area contributed by atoms with Crippen molar-refractivity contribution >= 4 is 29.4 Å². The van der Waals surface area contributed by atoms with Crippen molar-refractivity contribution in [2.75, 3.05) is 6.54 Å². The Morgan fingerprint density at radius 2 is 2.00 bits per heavy atom. The Kier molecular flexibility index (Phi) is 4.28. The molecule has 1 fully saturated rings. The summed E-state index contributed by atoms with van der Waals surface area (Å²) < 4.78 is 13.4. The van der Waals surface area contributed by atoms with Crippen molar-refractivity contribution in [3.8, 4) is 11.8 Å². The van der Waals surface area contributed by atoms with E-state index in [1.807, 2.05) is 0 Å². The smallest absolute Gasteiger partial charge is 0.323 e. The lowest BCUT2D eigenvalue weighted by molar-refractivity contribution is -0.122. The van der Waals surface area contributed by atoms with Gasteiger partial charge in [0.15, 0.2) is 0 Å². The number of hydrogen-bond acceptors (Lipinski definition) is 3. The summed E-state index contributed by atoms with van der Waals surface area (Å²) in [4.78, 5) is 38.4. The Bertz CT molecular complexity index is 1090. The molecular formula is C20H13ClFN3O3. The van der Waals surface area contributed by atoms with Crippen LogP contribution in [0.4, 0.5) is 9.18 Å². The van der Waals surface area contributed by atoms with Crippen molar-refractivity contribution in [2.24, 2.45) is 0 Å². The molecule has 1 saturated heterocycles. The molecule has 2 N–H and O–H groups in total. The minimum atomic E-state index is -1.63. The molecule has 0 bridgehead atoms. The summed E-state index contributed by atoms with van der Waals surface area (Å²) in [5.41, 5.74) is -0.0702.